The number of nitro groups is 1. The van der Waals surface area contributed by atoms with Crippen LogP contribution in [0.4, 0.5) is 18.9 Å². The van der Waals surface area contributed by atoms with E-state index in [4.69, 9.17) is 4.74 Å². The van der Waals surface area contributed by atoms with Crippen LogP contribution < -0.4 is 4.74 Å². The molecule has 19 heavy (non-hydrogen) atoms. The molecule has 0 saturated heterocycles. The van der Waals surface area contributed by atoms with E-state index >= 15 is 0 Å². The molecule has 0 spiro atoms. The Bertz CT molecular complexity index is 499. The van der Waals surface area contributed by atoms with E-state index in [0.29, 0.717) is 0 Å². The molecule has 0 heterocycles. The smallest absolute Gasteiger partial charge is 0.392 e. The number of carbonyl (C=O) groups is 1. The fourth-order valence-corrected chi connectivity index (χ4v) is 1.31. The molecule has 1 rings (SSSR count). The van der Waals surface area contributed by atoms with E-state index in [9.17, 15) is 28.1 Å². The molecule has 104 valence electrons. The zero-order valence-electron chi connectivity index (χ0n) is 9.86. The first kappa shape index (κ1) is 14.9. The monoisotopic (exact) mass is 277 g/mol. The SMILES string of the molecule is CC(=O)c1cc([N+](=O)[O-])ccc1OCCC(F)(F)F. The van der Waals surface area contributed by atoms with Crippen LogP contribution in [0.5, 0.6) is 5.75 Å². The number of nitrogens with zero attached hydrogens (tertiary/aromatic N) is 1. The lowest BCUT2D eigenvalue weighted by atomic mass is 10.1. The van der Waals surface area contributed by atoms with Crippen molar-refractivity contribution >= 4 is 11.5 Å². The van der Waals surface area contributed by atoms with Crippen molar-refractivity contribution in [3.05, 3.63) is 33.9 Å². The van der Waals surface area contributed by atoms with Crippen molar-refractivity contribution in [1.82, 2.24) is 0 Å². The molecule has 0 amide bonds. The summed E-state index contributed by atoms with van der Waals surface area (Å²) in [7, 11) is 0. The highest BCUT2D eigenvalue weighted by Gasteiger charge is 2.27. The van der Waals surface area contributed by atoms with E-state index in [2.05, 4.69) is 0 Å². The molecule has 0 atom stereocenters. The Kier molecular flexibility index (Phi) is 4.47. The normalized spacial score (nSPS) is 11.2. The summed E-state index contributed by atoms with van der Waals surface area (Å²) < 4.78 is 40.7. The minimum atomic E-state index is -4.36. The number of alkyl halides is 3. The van der Waals surface area contributed by atoms with Crippen LogP contribution in [0, 0.1) is 10.1 Å². The fraction of sp³-hybridized carbons (Fsp3) is 0.364. The van der Waals surface area contributed by atoms with Gasteiger partial charge in [-0.3, -0.25) is 14.9 Å². The number of ketones is 1. The van der Waals surface area contributed by atoms with Crippen molar-refractivity contribution in [3.63, 3.8) is 0 Å². The molecule has 0 aliphatic rings. The molecule has 0 aromatic heterocycles. The lowest BCUT2D eigenvalue weighted by Gasteiger charge is -2.11. The average Bonchev–Trinajstić information content (AvgIpc) is 2.27. The maximum absolute atomic E-state index is 12.0. The van der Waals surface area contributed by atoms with Crippen LogP contribution in [0.1, 0.15) is 23.7 Å². The predicted octanol–water partition coefficient (Wildman–Crippen LogP) is 3.13. The summed E-state index contributed by atoms with van der Waals surface area (Å²) >= 11 is 0. The minimum absolute atomic E-state index is 0.0950. The summed E-state index contributed by atoms with van der Waals surface area (Å²) in [5.74, 6) is -0.618. The van der Waals surface area contributed by atoms with Crippen molar-refractivity contribution in [2.24, 2.45) is 0 Å². The molecule has 0 N–H and O–H groups in total. The topological polar surface area (TPSA) is 69.4 Å². The lowest BCUT2D eigenvalue weighted by molar-refractivity contribution is -0.384. The first-order valence-electron chi connectivity index (χ1n) is 5.19. The summed E-state index contributed by atoms with van der Waals surface area (Å²) in [4.78, 5) is 21.1. The number of Topliss-reactive ketones (excluding diaryl/α,β-unsaturated/α-hetero) is 1. The van der Waals surface area contributed by atoms with Crippen LogP contribution in [0.2, 0.25) is 0 Å². The van der Waals surface area contributed by atoms with Gasteiger partial charge in [-0.05, 0) is 13.0 Å². The molecule has 1 aromatic carbocycles. The number of benzene rings is 1. The molecule has 0 unspecified atom stereocenters. The van der Waals surface area contributed by atoms with Gasteiger partial charge in [0.2, 0.25) is 0 Å². The highest BCUT2D eigenvalue weighted by molar-refractivity contribution is 5.97. The number of ether oxygens (including phenoxy) is 1. The quantitative estimate of drug-likeness (QED) is 0.471. The third kappa shape index (κ3) is 4.57. The molecule has 0 radical (unpaired) electrons. The van der Waals surface area contributed by atoms with Gasteiger partial charge in [-0.1, -0.05) is 0 Å². The number of nitro benzene ring substituents is 1. The molecular formula is C11H10F3NO4. The maximum atomic E-state index is 12.0. The molecule has 0 fully saturated rings. The largest absolute Gasteiger partial charge is 0.492 e. The Balaban J connectivity index is 2.89. The summed E-state index contributed by atoms with van der Waals surface area (Å²) in [5, 5.41) is 10.5. The van der Waals surface area contributed by atoms with E-state index in [1.807, 2.05) is 0 Å². The van der Waals surface area contributed by atoms with Crippen molar-refractivity contribution in [1.29, 1.82) is 0 Å². The van der Waals surface area contributed by atoms with Gasteiger partial charge in [0.05, 0.1) is 23.5 Å². The van der Waals surface area contributed by atoms with Crippen molar-refractivity contribution < 1.29 is 27.6 Å². The molecular weight excluding hydrogens is 267 g/mol. The number of non-ortho nitro benzene ring substituents is 1. The Morgan fingerprint density at radius 1 is 1.42 bits per heavy atom. The number of carbonyl (C=O) groups excluding carboxylic acids is 1. The number of halogens is 3. The number of hydrogen-bond donors (Lipinski definition) is 0. The Morgan fingerprint density at radius 3 is 2.53 bits per heavy atom. The van der Waals surface area contributed by atoms with Crippen LogP contribution in [-0.2, 0) is 0 Å². The highest BCUT2D eigenvalue weighted by Crippen LogP contribution is 2.26. The van der Waals surface area contributed by atoms with Crippen LogP contribution in [0.3, 0.4) is 0 Å². The van der Waals surface area contributed by atoms with Gasteiger partial charge < -0.3 is 4.74 Å². The minimum Gasteiger partial charge on any atom is -0.492 e. The fourth-order valence-electron chi connectivity index (χ4n) is 1.31. The first-order chi connectivity index (χ1) is 8.70. The van der Waals surface area contributed by atoms with Crippen LogP contribution in [0.15, 0.2) is 18.2 Å². The molecule has 5 nitrogen and oxygen atoms in total. The van der Waals surface area contributed by atoms with Gasteiger partial charge in [0.1, 0.15) is 5.75 Å². The first-order valence-corrected chi connectivity index (χ1v) is 5.19. The van der Waals surface area contributed by atoms with Gasteiger partial charge in [-0.15, -0.1) is 0 Å². The van der Waals surface area contributed by atoms with Crippen LogP contribution in [0.25, 0.3) is 0 Å². The molecule has 0 aliphatic carbocycles. The predicted molar refractivity (Wildman–Crippen MR) is 59.3 cm³/mol. The second-order valence-corrected chi connectivity index (χ2v) is 3.71. The second kappa shape index (κ2) is 5.68. The third-order valence-corrected chi connectivity index (χ3v) is 2.20. The standard InChI is InChI=1S/C11H10F3NO4/c1-7(16)9-6-8(15(17)18)2-3-10(9)19-5-4-11(12,13)14/h2-3,6H,4-5H2,1H3. The molecule has 8 heteroatoms. The third-order valence-electron chi connectivity index (χ3n) is 2.20. The van der Waals surface area contributed by atoms with Gasteiger partial charge in [-0.25, -0.2) is 0 Å². The van der Waals surface area contributed by atoms with E-state index < -0.39 is 29.9 Å². The lowest BCUT2D eigenvalue weighted by Crippen LogP contribution is -2.14. The van der Waals surface area contributed by atoms with E-state index in [1.165, 1.54) is 0 Å². The van der Waals surface area contributed by atoms with E-state index in [1.54, 1.807) is 0 Å². The van der Waals surface area contributed by atoms with Crippen molar-refractivity contribution in [2.45, 2.75) is 19.5 Å². The van der Waals surface area contributed by atoms with Crippen LogP contribution >= 0.6 is 0 Å². The van der Waals surface area contributed by atoms with Crippen molar-refractivity contribution in [3.8, 4) is 5.75 Å². The molecule has 0 saturated carbocycles. The number of hydrogen-bond acceptors (Lipinski definition) is 4. The second-order valence-electron chi connectivity index (χ2n) is 3.71. The van der Waals surface area contributed by atoms with Gasteiger partial charge in [0.25, 0.3) is 5.69 Å². The zero-order valence-corrected chi connectivity index (χ0v) is 9.86. The Morgan fingerprint density at radius 2 is 2.05 bits per heavy atom. The zero-order chi connectivity index (χ0) is 14.6. The summed E-state index contributed by atoms with van der Waals surface area (Å²) in [6.07, 6.45) is -5.53. The highest BCUT2D eigenvalue weighted by atomic mass is 19.4. The summed E-state index contributed by atoms with van der Waals surface area (Å²) in [6, 6.07) is 3.16. The van der Waals surface area contributed by atoms with Crippen LogP contribution in [-0.4, -0.2) is 23.5 Å². The average molecular weight is 277 g/mol. The summed E-state index contributed by atoms with van der Waals surface area (Å²) in [6.45, 7) is 0.497. The van der Waals surface area contributed by atoms with Gasteiger partial charge >= 0.3 is 6.18 Å². The van der Waals surface area contributed by atoms with Gasteiger partial charge in [0, 0.05) is 12.1 Å². The molecule has 1 aromatic rings. The van der Waals surface area contributed by atoms with E-state index in [-0.39, 0.29) is 17.0 Å². The Labute approximate surface area is 106 Å². The number of rotatable bonds is 5. The maximum Gasteiger partial charge on any atom is 0.392 e. The Hall–Kier alpha value is -2.12. The molecule has 0 aliphatic heterocycles. The van der Waals surface area contributed by atoms with E-state index in [0.717, 1.165) is 25.1 Å². The van der Waals surface area contributed by atoms with Crippen molar-refractivity contribution in [2.75, 3.05) is 6.61 Å². The summed E-state index contributed by atoms with van der Waals surface area (Å²) in [5.41, 5.74) is -0.440. The molecule has 0 bridgehead atoms. The van der Waals surface area contributed by atoms with Gasteiger partial charge in [-0.2, -0.15) is 13.2 Å². The van der Waals surface area contributed by atoms with Gasteiger partial charge in [0.15, 0.2) is 5.78 Å².